The first kappa shape index (κ1) is 32.8. The van der Waals surface area contributed by atoms with Gasteiger partial charge in [-0.2, -0.15) is 0 Å². The SMILES string of the molecule is O=C(OC1OC(c2nnc3ncccn23)[C@@H](OC(=O)c2ccccc2)C(OC(=O)c2ccccc2)[C@@H]1OC(=O)c1ccccc1)c1ccccc1. The molecule has 13 nitrogen and oxygen atoms in total. The van der Waals surface area contributed by atoms with Gasteiger partial charge in [-0.1, -0.05) is 72.8 Å². The highest BCUT2D eigenvalue weighted by molar-refractivity contribution is 5.92. The molecule has 3 heterocycles. The molecule has 0 N–H and O–H groups in total. The Morgan fingerprint density at radius 1 is 0.510 bits per heavy atom. The van der Waals surface area contributed by atoms with Crippen molar-refractivity contribution in [2.24, 2.45) is 0 Å². The number of benzene rings is 4. The van der Waals surface area contributed by atoms with Crippen LogP contribution in [0.5, 0.6) is 0 Å². The third kappa shape index (κ3) is 7.19. The summed E-state index contributed by atoms with van der Waals surface area (Å²) in [4.78, 5) is 58.9. The van der Waals surface area contributed by atoms with Crippen molar-refractivity contribution in [3.8, 4) is 0 Å². The molecule has 1 aliphatic rings. The summed E-state index contributed by atoms with van der Waals surface area (Å²) in [6, 6.07) is 33.9. The number of aromatic nitrogens is 4. The predicted molar refractivity (Wildman–Crippen MR) is 177 cm³/mol. The number of carbonyl (C=O) groups is 4. The Morgan fingerprint density at radius 3 is 1.43 bits per heavy atom. The van der Waals surface area contributed by atoms with Gasteiger partial charge in [0.15, 0.2) is 24.1 Å². The Kier molecular flexibility index (Phi) is 9.52. The van der Waals surface area contributed by atoms with E-state index in [4.69, 9.17) is 23.7 Å². The average molecular weight is 685 g/mol. The fourth-order valence-electron chi connectivity index (χ4n) is 5.50. The van der Waals surface area contributed by atoms with Gasteiger partial charge < -0.3 is 23.7 Å². The largest absolute Gasteiger partial charge is 0.451 e. The molecule has 6 aromatic rings. The van der Waals surface area contributed by atoms with E-state index >= 15 is 0 Å². The second-order valence-electron chi connectivity index (χ2n) is 11.3. The Morgan fingerprint density at radius 2 is 0.941 bits per heavy atom. The minimum Gasteiger partial charge on any atom is -0.451 e. The lowest BCUT2D eigenvalue weighted by molar-refractivity contribution is -0.282. The van der Waals surface area contributed by atoms with E-state index in [9.17, 15) is 19.2 Å². The second-order valence-corrected chi connectivity index (χ2v) is 11.3. The fraction of sp³-hybridized carbons (Fsp3) is 0.132. The molecule has 0 saturated carbocycles. The molecule has 0 aliphatic carbocycles. The molecule has 1 aliphatic heterocycles. The molecule has 1 saturated heterocycles. The van der Waals surface area contributed by atoms with Gasteiger partial charge in [0.1, 0.15) is 0 Å². The molecule has 0 radical (unpaired) electrons. The number of carbonyl (C=O) groups excluding carboxylic acids is 4. The van der Waals surface area contributed by atoms with Crippen LogP contribution in [-0.4, -0.2) is 68.1 Å². The zero-order chi connectivity index (χ0) is 35.2. The summed E-state index contributed by atoms with van der Waals surface area (Å²) in [6.07, 6.45) is -4.86. The standard InChI is InChI=1S/C38H28N4O9/c43-33(24-14-5-1-6-15-24)47-28-29(48-34(44)25-16-7-2-8-17-25)31(49-35(45)26-18-9-3-10-19-26)37(51-36(46)27-20-11-4-12-21-27)50-30(28)32-40-41-38-39-22-13-23-42(32)38/h1-23,28-31,37H/t28-,29?,30?,31-,37?/m0/s1. The van der Waals surface area contributed by atoms with E-state index in [1.807, 2.05) is 0 Å². The molecule has 0 bridgehead atoms. The molecule has 0 amide bonds. The van der Waals surface area contributed by atoms with Crippen molar-refractivity contribution in [1.29, 1.82) is 0 Å². The molecule has 13 heteroatoms. The summed E-state index contributed by atoms with van der Waals surface area (Å²) in [6.45, 7) is 0. The highest BCUT2D eigenvalue weighted by Crippen LogP contribution is 2.38. The van der Waals surface area contributed by atoms with E-state index in [2.05, 4.69) is 15.2 Å². The fourth-order valence-corrected chi connectivity index (χ4v) is 5.50. The average Bonchev–Trinajstić information content (AvgIpc) is 3.62. The summed E-state index contributed by atoms with van der Waals surface area (Å²) in [5.41, 5.74) is 0.635. The van der Waals surface area contributed by atoms with Crippen LogP contribution in [0.1, 0.15) is 53.4 Å². The van der Waals surface area contributed by atoms with Crippen molar-refractivity contribution in [2.45, 2.75) is 30.7 Å². The van der Waals surface area contributed by atoms with Gasteiger partial charge in [0, 0.05) is 12.4 Å². The molecule has 7 rings (SSSR count). The lowest BCUT2D eigenvalue weighted by Crippen LogP contribution is -2.60. The van der Waals surface area contributed by atoms with Crippen LogP contribution in [0.3, 0.4) is 0 Å². The molecular formula is C38H28N4O9. The normalized spacial score (nSPS) is 19.8. The molecule has 1 fully saturated rings. The molecule has 51 heavy (non-hydrogen) atoms. The number of fused-ring (bicyclic) bond motifs is 1. The third-order valence-corrected chi connectivity index (χ3v) is 7.96. The van der Waals surface area contributed by atoms with Crippen LogP contribution in [0.15, 0.2) is 140 Å². The van der Waals surface area contributed by atoms with Crippen molar-refractivity contribution in [3.05, 3.63) is 168 Å². The minimum atomic E-state index is -1.72. The lowest BCUT2D eigenvalue weighted by Gasteiger charge is -2.43. The molecule has 5 atom stereocenters. The van der Waals surface area contributed by atoms with E-state index < -0.39 is 54.6 Å². The first-order valence-electron chi connectivity index (χ1n) is 15.8. The molecule has 0 spiro atoms. The highest BCUT2D eigenvalue weighted by Gasteiger charge is 2.56. The quantitative estimate of drug-likeness (QED) is 0.148. The van der Waals surface area contributed by atoms with E-state index in [1.165, 1.54) is 47.0 Å². The van der Waals surface area contributed by atoms with E-state index in [0.717, 1.165) is 0 Å². The van der Waals surface area contributed by atoms with Crippen LogP contribution in [0.4, 0.5) is 0 Å². The van der Waals surface area contributed by atoms with E-state index in [1.54, 1.807) is 97.2 Å². The topological polar surface area (TPSA) is 158 Å². The van der Waals surface area contributed by atoms with Gasteiger partial charge in [-0.3, -0.25) is 4.40 Å². The summed E-state index contributed by atoms with van der Waals surface area (Å²) >= 11 is 0. The third-order valence-electron chi connectivity index (χ3n) is 7.96. The van der Waals surface area contributed by atoms with Crippen molar-refractivity contribution in [3.63, 3.8) is 0 Å². The van der Waals surface area contributed by atoms with Gasteiger partial charge in [-0.05, 0) is 54.6 Å². The van der Waals surface area contributed by atoms with Crippen LogP contribution in [-0.2, 0) is 23.7 Å². The van der Waals surface area contributed by atoms with Crippen molar-refractivity contribution >= 4 is 29.7 Å². The number of hydrogen-bond donors (Lipinski definition) is 0. The molecule has 3 unspecified atom stereocenters. The smallest absolute Gasteiger partial charge is 0.340 e. The lowest BCUT2D eigenvalue weighted by atomic mass is 9.96. The zero-order valence-electron chi connectivity index (χ0n) is 26.6. The van der Waals surface area contributed by atoms with Gasteiger partial charge in [0.25, 0.3) is 5.78 Å². The molecular weight excluding hydrogens is 656 g/mol. The first-order chi connectivity index (χ1) is 25.0. The maximum absolute atomic E-state index is 13.8. The summed E-state index contributed by atoms with van der Waals surface area (Å²) in [7, 11) is 0. The van der Waals surface area contributed by atoms with Gasteiger partial charge >= 0.3 is 23.9 Å². The molecule has 254 valence electrons. The maximum Gasteiger partial charge on any atom is 0.340 e. The van der Waals surface area contributed by atoms with Gasteiger partial charge in [0.05, 0.1) is 22.3 Å². The number of esters is 4. The van der Waals surface area contributed by atoms with E-state index in [-0.39, 0.29) is 33.9 Å². The van der Waals surface area contributed by atoms with Crippen LogP contribution >= 0.6 is 0 Å². The van der Waals surface area contributed by atoms with Crippen molar-refractivity contribution in [1.82, 2.24) is 19.6 Å². The summed E-state index contributed by atoms with van der Waals surface area (Å²) in [5.74, 6) is -3.09. The van der Waals surface area contributed by atoms with Gasteiger partial charge in [-0.25, -0.2) is 24.2 Å². The maximum atomic E-state index is 13.8. The van der Waals surface area contributed by atoms with Crippen molar-refractivity contribution < 1.29 is 42.9 Å². The van der Waals surface area contributed by atoms with Crippen LogP contribution in [0, 0.1) is 0 Å². The first-order valence-corrected chi connectivity index (χ1v) is 15.8. The molecule has 2 aromatic heterocycles. The second kappa shape index (κ2) is 14.8. The minimum absolute atomic E-state index is 0.0679. The number of nitrogens with zero attached hydrogens (tertiary/aromatic N) is 4. The van der Waals surface area contributed by atoms with Gasteiger partial charge in [-0.15, -0.1) is 10.2 Å². The van der Waals surface area contributed by atoms with E-state index in [0.29, 0.717) is 0 Å². The highest BCUT2D eigenvalue weighted by atomic mass is 16.7. The Labute approximate surface area is 290 Å². The Balaban J connectivity index is 1.37. The Hall–Kier alpha value is -6.73. The van der Waals surface area contributed by atoms with Crippen LogP contribution in [0.2, 0.25) is 0 Å². The number of ether oxygens (including phenoxy) is 5. The van der Waals surface area contributed by atoms with Gasteiger partial charge in [0.2, 0.25) is 12.4 Å². The summed E-state index contributed by atoms with van der Waals surface area (Å²) < 4.78 is 31.9. The number of rotatable bonds is 9. The van der Waals surface area contributed by atoms with Crippen LogP contribution in [0.25, 0.3) is 5.78 Å². The van der Waals surface area contributed by atoms with Crippen molar-refractivity contribution in [2.75, 3.05) is 0 Å². The van der Waals surface area contributed by atoms with Crippen LogP contribution < -0.4 is 0 Å². The zero-order valence-corrected chi connectivity index (χ0v) is 26.6. The number of hydrogen-bond acceptors (Lipinski definition) is 12. The predicted octanol–water partition coefficient (Wildman–Crippen LogP) is 5.06. The monoisotopic (exact) mass is 684 g/mol. The Bertz CT molecular complexity index is 2150. The summed E-state index contributed by atoms with van der Waals surface area (Å²) in [5, 5.41) is 8.39. The molecule has 4 aromatic carbocycles.